The van der Waals surface area contributed by atoms with E-state index in [1.165, 1.54) is 0 Å². The van der Waals surface area contributed by atoms with Gasteiger partial charge >= 0.3 is 0 Å². The summed E-state index contributed by atoms with van der Waals surface area (Å²) in [5, 5.41) is 4.58. The molecule has 0 aliphatic rings. The number of fused-ring (bicyclic) bond motifs is 1. The second-order valence-corrected chi connectivity index (χ2v) is 7.24. The number of carbonyl (C=O) groups excluding carboxylic acids is 1. The number of rotatable bonds is 5. The van der Waals surface area contributed by atoms with Gasteiger partial charge in [0.2, 0.25) is 0 Å². The quantitative estimate of drug-likeness (QED) is 0.507. The molecule has 2 heterocycles. The van der Waals surface area contributed by atoms with Gasteiger partial charge in [-0.1, -0.05) is 18.2 Å². The van der Waals surface area contributed by atoms with Gasteiger partial charge in [0, 0.05) is 22.6 Å². The molecule has 7 heteroatoms. The highest BCUT2D eigenvalue weighted by molar-refractivity contribution is 6.06. The summed E-state index contributed by atoms with van der Waals surface area (Å²) in [6.45, 7) is 6.10. The van der Waals surface area contributed by atoms with Crippen molar-refractivity contribution in [2.24, 2.45) is 0 Å². The molecule has 0 saturated heterocycles. The first-order chi connectivity index (χ1) is 14.4. The fourth-order valence-electron chi connectivity index (χ4n) is 3.40. The third-order valence-corrected chi connectivity index (χ3v) is 4.84. The molecular weight excluding hydrogens is 378 g/mol. The molecule has 0 radical (unpaired) electrons. The number of methoxy groups -OCH3 is 1. The lowest BCUT2D eigenvalue weighted by Crippen LogP contribution is -2.31. The maximum atomic E-state index is 13.5. The van der Waals surface area contributed by atoms with E-state index in [-0.39, 0.29) is 12.5 Å². The number of nitrogens with zero attached hydrogens (tertiary/aromatic N) is 5. The van der Waals surface area contributed by atoms with Crippen molar-refractivity contribution < 1.29 is 9.53 Å². The van der Waals surface area contributed by atoms with Crippen molar-refractivity contribution in [3.8, 4) is 5.75 Å². The molecule has 0 bridgehead atoms. The van der Waals surface area contributed by atoms with Crippen molar-refractivity contribution in [2.45, 2.75) is 27.3 Å². The fraction of sp³-hybridized carbons (Fsp3) is 0.217. The number of benzene rings is 2. The Morgan fingerprint density at radius 1 is 1.03 bits per heavy atom. The number of carbonyl (C=O) groups is 1. The number of amides is 1. The molecule has 0 atom stereocenters. The topological polar surface area (TPSA) is 72.6 Å². The van der Waals surface area contributed by atoms with Crippen LogP contribution in [0.4, 0.5) is 5.69 Å². The lowest BCUT2D eigenvalue weighted by molar-refractivity contribution is 0.0984. The van der Waals surface area contributed by atoms with Crippen molar-refractivity contribution >= 4 is 17.4 Å². The Morgan fingerprint density at radius 3 is 2.60 bits per heavy atom. The van der Waals surface area contributed by atoms with Gasteiger partial charge in [-0.15, -0.1) is 5.10 Å². The van der Waals surface area contributed by atoms with Gasteiger partial charge in [0.15, 0.2) is 5.82 Å². The highest BCUT2D eigenvalue weighted by Crippen LogP contribution is 2.23. The third-order valence-electron chi connectivity index (χ3n) is 4.84. The molecule has 0 fully saturated rings. The van der Waals surface area contributed by atoms with Crippen LogP contribution in [0.1, 0.15) is 33.1 Å². The number of aryl methyl sites for hydroxylation is 3. The van der Waals surface area contributed by atoms with Gasteiger partial charge in [-0.3, -0.25) is 4.79 Å². The van der Waals surface area contributed by atoms with Crippen LogP contribution in [0.2, 0.25) is 0 Å². The minimum atomic E-state index is -0.154. The summed E-state index contributed by atoms with van der Waals surface area (Å²) < 4.78 is 6.99. The number of hydrogen-bond acceptors (Lipinski definition) is 5. The molecule has 30 heavy (non-hydrogen) atoms. The van der Waals surface area contributed by atoms with Crippen LogP contribution in [0.5, 0.6) is 5.75 Å². The number of anilines is 1. The summed E-state index contributed by atoms with van der Waals surface area (Å²) in [4.78, 5) is 24.1. The van der Waals surface area contributed by atoms with Crippen LogP contribution in [0.3, 0.4) is 0 Å². The monoisotopic (exact) mass is 401 g/mol. The zero-order valence-electron chi connectivity index (χ0n) is 17.5. The first-order valence-corrected chi connectivity index (χ1v) is 9.67. The van der Waals surface area contributed by atoms with Crippen molar-refractivity contribution in [3.63, 3.8) is 0 Å². The summed E-state index contributed by atoms with van der Waals surface area (Å²) in [5.74, 6) is 1.53. The zero-order valence-corrected chi connectivity index (χ0v) is 17.5. The Kier molecular flexibility index (Phi) is 5.18. The predicted octanol–water partition coefficient (Wildman–Crippen LogP) is 3.91. The normalized spacial score (nSPS) is 10.9. The van der Waals surface area contributed by atoms with Crippen LogP contribution >= 0.6 is 0 Å². The molecule has 0 aliphatic heterocycles. The Hall–Kier alpha value is -3.74. The lowest BCUT2D eigenvalue weighted by Gasteiger charge is -2.22. The maximum absolute atomic E-state index is 13.5. The molecule has 4 rings (SSSR count). The SMILES string of the molecule is COc1cccc(C(=O)N(Cc2nc3nc(C)cc(C)n3n2)c2cccc(C)c2)c1. The molecule has 4 aromatic rings. The second kappa shape index (κ2) is 7.94. The summed E-state index contributed by atoms with van der Waals surface area (Å²) in [7, 11) is 1.58. The highest BCUT2D eigenvalue weighted by atomic mass is 16.5. The summed E-state index contributed by atoms with van der Waals surface area (Å²) >= 11 is 0. The van der Waals surface area contributed by atoms with E-state index in [9.17, 15) is 4.79 Å². The average Bonchev–Trinajstić information content (AvgIpc) is 3.14. The smallest absolute Gasteiger partial charge is 0.258 e. The standard InChI is InChI=1S/C23H23N5O2/c1-15-7-5-9-19(11-15)27(22(29)18-8-6-10-20(13-18)30-4)14-21-25-23-24-16(2)12-17(3)28(23)26-21/h5-13H,14H2,1-4H3. The Bertz CT molecular complexity index is 1230. The molecule has 7 nitrogen and oxygen atoms in total. The number of hydrogen-bond donors (Lipinski definition) is 0. The summed E-state index contributed by atoms with van der Waals surface area (Å²) in [6, 6.07) is 16.9. The van der Waals surface area contributed by atoms with E-state index in [0.717, 1.165) is 22.6 Å². The van der Waals surface area contributed by atoms with E-state index in [1.54, 1.807) is 34.7 Å². The van der Waals surface area contributed by atoms with Crippen molar-refractivity contribution in [2.75, 3.05) is 12.0 Å². The fourth-order valence-corrected chi connectivity index (χ4v) is 3.40. The maximum Gasteiger partial charge on any atom is 0.258 e. The average molecular weight is 401 g/mol. The molecule has 1 amide bonds. The van der Waals surface area contributed by atoms with Crippen LogP contribution < -0.4 is 9.64 Å². The van der Waals surface area contributed by atoms with Crippen molar-refractivity contribution in [3.05, 3.63) is 82.9 Å². The third kappa shape index (κ3) is 3.87. The lowest BCUT2D eigenvalue weighted by atomic mass is 10.1. The molecule has 0 spiro atoms. The molecule has 0 unspecified atom stereocenters. The Labute approximate surface area is 175 Å². The van der Waals surface area contributed by atoms with Gasteiger partial charge in [-0.05, 0) is 62.7 Å². The molecule has 0 aliphatic carbocycles. The van der Waals surface area contributed by atoms with Crippen LogP contribution in [-0.2, 0) is 6.54 Å². The zero-order chi connectivity index (χ0) is 21.3. The van der Waals surface area contributed by atoms with Gasteiger partial charge in [0.25, 0.3) is 11.7 Å². The molecular formula is C23H23N5O2. The molecule has 2 aromatic heterocycles. The van der Waals surface area contributed by atoms with Gasteiger partial charge in [-0.2, -0.15) is 4.98 Å². The van der Waals surface area contributed by atoms with E-state index in [2.05, 4.69) is 15.1 Å². The van der Waals surface area contributed by atoms with Crippen LogP contribution in [0.25, 0.3) is 5.78 Å². The van der Waals surface area contributed by atoms with E-state index < -0.39 is 0 Å². The first kappa shape index (κ1) is 19.6. The highest BCUT2D eigenvalue weighted by Gasteiger charge is 2.21. The van der Waals surface area contributed by atoms with E-state index in [0.29, 0.717) is 22.9 Å². The van der Waals surface area contributed by atoms with Crippen molar-refractivity contribution in [1.29, 1.82) is 0 Å². The Morgan fingerprint density at radius 2 is 1.83 bits per heavy atom. The molecule has 2 aromatic carbocycles. The number of ether oxygens (including phenoxy) is 1. The largest absolute Gasteiger partial charge is 0.497 e. The molecule has 0 saturated carbocycles. The van der Waals surface area contributed by atoms with Crippen LogP contribution in [0, 0.1) is 20.8 Å². The van der Waals surface area contributed by atoms with E-state index in [4.69, 9.17) is 4.74 Å². The second-order valence-electron chi connectivity index (χ2n) is 7.24. The van der Waals surface area contributed by atoms with Crippen LogP contribution in [-0.4, -0.2) is 32.6 Å². The summed E-state index contributed by atoms with van der Waals surface area (Å²) in [6.07, 6.45) is 0. The van der Waals surface area contributed by atoms with Gasteiger partial charge in [-0.25, -0.2) is 9.50 Å². The van der Waals surface area contributed by atoms with E-state index >= 15 is 0 Å². The molecule has 0 N–H and O–H groups in total. The Balaban J connectivity index is 1.76. The van der Waals surface area contributed by atoms with Crippen molar-refractivity contribution in [1.82, 2.24) is 19.6 Å². The van der Waals surface area contributed by atoms with Gasteiger partial charge < -0.3 is 9.64 Å². The molecule has 152 valence electrons. The van der Waals surface area contributed by atoms with Gasteiger partial charge in [0.1, 0.15) is 5.75 Å². The van der Waals surface area contributed by atoms with Gasteiger partial charge in [0.05, 0.1) is 13.7 Å². The first-order valence-electron chi connectivity index (χ1n) is 9.67. The van der Waals surface area contributed by atoms with Crippen LogP contribution in [0.15, 0.2) is 54.6 Å². The minimum absolute atomic E-state index is 0.154. The summed E-state index contributed by atoms with van der Waals surface area (Å²) in [5.41, 5.74) is 4.19. The van der Waals surface area contributed by atoms with E-state index in [1.807, 2.05) is 57.2 Å². The minimum Gasteiger partial charge on any atom is -0.497 e. The predicted molar refractivity (Wildman–Crippen MR) is 115 cm³/mol. The number of aromatic nitrogens is 4.